The lowest BCUT2D eigenvalue weighted by molar-refractivity contribution is 0.0784. The second kappa shape index (κ2) is 6.50. The number of hydrogen-bond acceptors (Lipinski definition) is 1. The van der Waals surface area contributed by atoms with Gasteiger partial charge in [-0.15, -0.1) is 0 Å². The van der Waals surface area contributed by atoms with Crippen LogP contribution < -0.4 is 0 Å². The maximum absolute atomic E-state index is 13.2. The summed E-state index contributed by atoms with van der Waals surface area (Å²) in [6, 6.07) is 18.4. The fraction of sp³-hybridized carbons (Fsp3) is 0.105. The number of fused-ring (bicyclic) bond motifs is 1. The topological polar surface area (TPSA) is 20.3 Å². The van der Waals surface area contributed by atoms with E-state index in [1.54, 1.807) is 11.9 Å². The van der Waals surface area contributed by atoms with E-state index in [0.717, 1.165) is 10.9 Å². The van der Waals surface area contributed by atoms with Crippen molar-refractivity contribution in [1.82, 2.24) is 4.90 Å². The predicted octanol–water partition coefficient (Wildman–Crippen LogP) is 5.01. The van der Waals surface area contributed by atoms with E-state index >= 15 is 0 Å². The summed E-state index contributed by atoms with van der Waals surface area (Å²) in [6.07, 6.45) is 0. The first-order chi connectivity index (χ1) is 11.0. The van der Waals surface area contributed by atoms with E-state index in [9.17, 15) is 9.18 Å². The smallest absolute Gasteiger partial charge is 0.255 e. The van der Waals surface area contributed by atoms with Crippen molar-refractivity contribution in [3.8, 4) is 0 Å². The summed E-state index contributed by atoms with van der Waals surface area (Å²) < 4.78 is 13.6. The average molecular weight is 372 g/mol. The zero-order chi connectivity index (χ0) is 16.4. The molecular formula is C19H15BrFNO. The third kappa shape index (κ3) is 3.42. The summed E-state index contributed by atoms with van der Waals surface area (Å²) in [5.41, 5.74) is 1.51. The minimum absolute atomic E-state index is 0.148. The molecule has 0 fully saturated rings. The molecule has 0 aliphatic carbocycles. The molecule has 0 saturated carbocycles. The molecule has 0 saturated heterocycles. The van der Waals surface area contributed by atoms with Gasteiger partial charge in [-0.2, -0.15) is 0 Å². The molecule has 1 amide bonds. The first kappa shape index (κ1) is 15.7. The Hall–Kier alpha value is -2.20. The van der Waals surface area contributed by atoms with Crippen molar-refractivity contribution in [2.24, 2.45) is 0 Å². The molecule has 0 spiro atoms. The Kier molecular flexibility index (Phi) is 4.44. The average Bonchev–Trinajstić information content (AvgIpc) is 2.54. The van der Waals surface area contributed by atoms with Crippen LogP contribution in [0.3, 0.4) is 0 Å². The number of carbonyl (C=O) groups is 1. The summed E-state index contributed by atoms with van der Waals surface area (Å²) in [4.78, 5) is 14.1. The van der Waals surface area contributed by atoms with Gasteiger partial charge in [0.05, 0.1) is 5.56 Å². The molecule has 0 aliphatic rings. The van der Waals surface area contributed by atoms with E-state index in [-0.39, 0.29) is 11.7 Å². The van der Waals surface area contributed by atoms with E-state index in [1.165, 1.54) is 23.6 Å². The monoisotopic (exact) mass is 371 g/mol. The lowest BCUT2D eigenvalue weighted by atomic mass is 10.1. The number of rotatable bonds is 3. The number of carbonyl (C=O) groups excluding carboxylic acids is 1. The van der Waals surface area contributed by atoms with Gasteiger partial charge in [0.2, 0.25) is 0 Å². The predicted molar refractivity (Wildman–Crippen MR) is 93.8 cm³/mol. The fourth-order valence-electron chi connectivity index (χ4n) is 2.55. The highest BCUT2D eigenvalue weighted by Gasteiger charge is 2.15. The third-order valence-corrected chi connectivity index (χ3v) is 4.40. The van der Waals surface area contributed by atoms with E-state index in [2.05, 4.69) is 40.2 Å². The van der Waals surface area contributed by atoms with E-state index in [1.807, 2.05) is 18.2 Å². The molecular weight excluding hydrogens is 357 g/mol. The van der Waals surface area contributed by atoms with Crippen LogP contribution in [-0.4, -0.2) is 17.9 Å². The van der Waals surface area contributed by atoms with E-state index in [4.69, 9.17) is 0 Å². The molecule has 0 heterocycles. The Morgan fingerprint density at radius 2 is 1.78 bits per heavy atom. The highest BCUT2D eigenvalue weighted by Crippen LogP contribution is 2.21. The number of amides is 1. The summed E-state index contributed by atoms with van der Waals surface area (Å²) in [5, 5.41) is 2.32. The Morgan fingerprint density at radius 3 is 2.52 bits per heavy atom. The maximum Gasteiger partial charge on any atom is 0.255 e. The Morgan fingerprint density at radius 1 is 1.04 bits per heavy atom. The van der Waals surface area contributed by atoms with Gasteiger partial charge in [-0.25, -0.2) is 4.39 Å². The minimum atomic E-state index is -0.370. The molecule has 0 bridgehead atoms. The van der Waals surface area contributed by atoms with Crippen molar-refractivity contribution >= 4 is 32.6 Å². The number of benzene rings is 3. The SMILES string of the molecule is CN(Cc1ccc2ccccc2c1)C(=O)c1ccc(F)cc1Br. The van der Waals surface area contributed by atoms with Crippen molar-refractivity contribution in [3.05, 3.63) is 82.1 Å². The molecule has 0 radical (unpaired) electrons. The highest BCUT2D eigenvalue weighted by atomic mass is 79.9. The van der Waals surface area contributed by atoms with Gasteiger partial charge in [0.1, 0.15) is 5.82 Å². The van der Waals surface area contributed by atoms with Crippen LogP contribution in [-0.2, 0) is 6.54 Å². The standard InChI is InChI=1S/C19H15BrFNO/c1-22(19(23)17-9-8-16(21)11-18(17)20)12-13-6-7-14-4-2-3-5-15(14)10-13/h2-11H,12H2,1H3. The molecule has 3 rings (SSSR count). The van der Waals surface area contributed by atoms with Crippen LogP contribution in [0.1, 0.15) is 15.9 Å². The van der Waals surface area contributed by atoms with Crippen LogP contribution in [0.5, 0.6) is 0 Å². The van der Waals surface area contributed by atoms with Crippen LogP contribution in [0.25, 0.3) is 10.8 Å². The van der Waals surface area contributed by atoms with Crippen molar-refractivity contribution in [2.45, 2.75) is 6.54 Å². The summed E-state index contributed by atoms with van der Waals surface area (Å²) in [5.74, 6) is -0.518. The van der Waals surface area contributed by atoms with Crippen LogP contribution in [0.2, 0.25) is 0 Å². The van der Waals surface area contributed by atoms with Gasteiger partial charge in [0.25, 0.3) is 5.91 Å². The fourth-order valence-corrected chi connectivity index (χ4v) is 3.07. The Labute approximate surface area is 142 Å². The van der Waals surface area contributed by atoms with Crippen molar-refractivity contribution in [1.29, 1.82) is 0 Å². The molecule has 3 aromatic rings. The summed E-state index contributed by atoms with van der Waals surface area (Å²) in [7, 11) is 1.74. The lowest BCUT2D eigenvalue weighted by Crippen LogP contribution is -2.26. The zero-order valence-electron chi connectivity index (χ0n) is 12.6. The normalized spacial score (nSPS) is 10.7. The molecule has 0 N–H and O–H groups in total. The summed E-state index contributed by atoms with van der Waals surface area (Å²) in [6.45, 7) is 0.494. The minimum Gasteiger partial charge on any atom is -0.337 e. The second-order valence-corrected chi connectivity index (χ2v) is 6.32. The highest BCUT2D eigenvalue weighted by molar-refractivity contribution is 9.10. The van der Waals surface area contributed by atoms with Gasteiger partial charge in [0.15, 0.2) is 0 Å². The first-order valence-electron chi connectivity index (χ1n) is 7.23. The van der Waals surface area contributed by atoms with Crippen LogP contribution >= 0.6 is 15.9 Å². The Bertz CT molecular complexity index is 878. The van der Waals surface area contributed by atoms with Crippen LogP contribution in [0.15, 0.2) is 65.1 Å². The van der Waals surface area contributed by atoms with E-state index in [0.29, 0.717) is 16.6 Å². The molecule has 2 nitrogen and oxygen atoms in total. The number of hydrogen-bond donors (Lipinski definition) is 0. The van der Waals surface area contributed by atoms with Gasteiger partial charge in [-0.3, -0.25) is 4.79 Å². The maximum atomic E-state index is 13.2. The molecule has 4 heteroatoms. The molecule has 0 aromatic heterocycles. The van der Waals surface area contributed by atoms with E-state index < -0.39 is 0 Å². The van der Waals surface area contributed by atoms with Crippen molar-refractivity contribution < 1.29 is 9.18 Å². The summed E-state index contributed by atoms with van der Waals surface area (Å²) >= 11 is 3.25. The lowest BCUT2D eigenvalue weighted by Gasteiger charge is -2.18. The zero-order valence-corrected chi connectivity index (χ0v) is 14.2. The van der Waals surface area contributed by atoms with Gasteiger partial charge >= 0.3 is 0 Å². The van der Waals surface area contributed by atoms with Crippen molar-refractivity contribution in [3.63, 3.8) is 0 Å². The van der Waals surface area contributed by atoms with Crippen LogP contribution in [0, 0.1) is 5.82 Å². The van der Waals surface area contributed by atoms with Gasteiger partial charge in [-0.05, 0) is 56.5 Å². The molecule has 0 unspecified atom stereocenters. The largest absolute Gasteiger partial charge is 0.337 e. The molecule has 23 heavy (non-hydrogen) atoms. The van der Waals surface area contributed by atoms with Gasteiger partial charge in [0, 0.05) is 18.1 Å². The number of nitrogens with zero attached hydrogens (tertiary/aromatic N) is 1. The molecule has 0 aliphatic heterocycles. The molecule has 116 valence electrons. The Balaban J connectivity index is 1.81. The molecule has 0 atom stereocenters. The first-order valence-corrected chi connectivity index (χ1v) is 8.02. The molecule has 3 aromatic carbocycles. The second-order valence-electron chi connectivity index (χ2n) is 5.47. The quantitative estimate of drug-likeness (QED) is 0.633. The third-order valence-electron chi connectivity index (χ3n) is 3.74. The van der Waals surface area contributed by atoms with Gasteiger partial charge in [-0.1, -0.05) is 36.4 Å². The van der Waals surface area contributed by atoms with Crippen LogP contribution in [0.4, 0.5) is 4.39 Å². The number of halogens is 2. The van der Waals surface area contributed by atoms with Crippen molar-refractivity contribution in [2.75, 3.05) is 7.05 Å². The van der Waals surface area contributed by atoms with Gasteiger partial charge < -0.3 is 4.90 Å².